The Labute approximate surface area is 96.8 Å². The molecule has 0 spiro atoms. The zero-order valence-corrected chi connectivity index (χ0v) is 10.1. The molecular weight excluding hydrogens is 206 g/mol. The van der Waals surface area contributed by atoms with Gasteiger partial charge in [0.05, 0.1) is 0 Å². The third-order valence-corrected chi connectivity index (χ3v) is 3.83. The van der Waals surface area contributed by atoms with Gasteiger partial charge in [-0.3, -0.25) is 0 Å². The Balaban J connectivity index is 2.31. The van der Waals surface area contributed by atoms with Crippen LogP contribution in [0.25, 0.3) is 0 Å². The fourth-order valence-electron chi connectivity index (χ4n) is 2.47. The van der Waals surface area contributed by atoms with Crippen molar-refractivity contribution in [2.24, 2.45) is 0 Å². The molecule has 1 heterocycles. The monoisotopic (exact) mass is 223 g/mol. The summed E-state index contributed by atoms with van der Waals surface area (Å²) in [7, 11) is 0. The maximum atomic E-state index is 6.26. The van der Waals surface area contributed by atoms with Gasteiger partial charge < -0.3 is 5.32 Å². The van der Waals surface area contributed by atoms with Crippen LogP contribution in [0.5, 0.6) is 0 Å². The Morgan fingerprint density at radius 3 is 2.67 bits per heavy atom. The van der Waals surface area contributed by atoms with Gasteiger partial charge >= 0.3 is 0 Å². The smallest absolute Gasteiger partial charge is 0.0444 e. The molecule has 15 heavy (non-hydrogen) atoms. The van der Waals surface area contributed by atoms with Crippen LogP contribution >= 0.6 is 11.6 Å². The van der Waals surface area contributed by atoms with Crippen LogP contribution in [0, 0.1) is 0 Å². The summed E-state index contributed by atoms with van der Waals surface area (Å²) in [5.74, 6) is 0. The van der Waals surface area contributed by atoms with E-state index in [0.717, 1.165) is 11.6 Å². The van der Waals surface area contributed by atoms with Crippen LogP contribution in [0.4, 0.5) is 0 Å². The Morgan fingerprint density at radius 1 is 1.33 bits per heavy atom. The number of benzene rings is 1. The van der Waals surface area contributed by atoms with Crippen molar-refractivity contribution in [1.82, 2.24) is 5.32 Å². The number of halogens is 1. The number of rotatable bonds is 2. The van der Waals surface area contributed by atoms with Gasteiger partial charge in [-0.15, -0.1) is 0 Å². The molecule has 1 aromatic carbocycles. The Kier molecular flexibility index (Phi) is 3.03. The lowest BCUT2D eigenvalue weighted by molar-refractivity contribution is 0.377. The van der Waals surface area contributed by atoms with E-state index >= 15 is 0 Å². The molecule has 0 saturated carbocycles. The van der Waals surface area contributed by atoms with E-state index in [9.17, 15) is 0 Å². The first-order chi connectivity index (χ1) is 7.12. The predicted octanol–water partition coefficient (Wildman–Crippen LogP) is 3.37. The zero-order valence-electron chi connectivity index (χ0n) is 9.39. The molecule has 1 aromatic rings. The highest BCUT2D eigenvalue weighted by atomic mass is 35.5. The van der Waals surface area contributed by atoms with Crippen molar-refractivity contribution in [2.45, 2.75) is 38.1 Å². The topological polar surface area (TPSA) is 12.0 Å². The van der Waals surface area contributed by atoms with Crippen molar-refractivity contribution in [3.05, 3.63) is 34.9 Å². The van der Waals surface area contributed by atoms with Gasteiger partial charge in [0.1, 0.15) is 0 Å². The highest BCUT2D eigenvalue weighted by Gasteiger charge is 2.34. The summed E-state index contributed by atoms with van der Waals surface area (Å²) >= 11 is 6.26. The highest BCUT2D eigenvalue weighted by molar-refractivity contribution is 6.31. The van der Waals surface area contributed by atoms with Gasteiger partial charge in [0.15, 0.2) is 0 Å². The fourth-order valence-corrected chi connectivity index (χ4v) is 2.85. The summed E-state index contributed by atoms with van der Waals surface area (Å²) in [5, 5.41) is 4.45. The molecular formula is C13H18ClN. The maximum absolute atomic E-state index is 6.26. The van der Waals surface area contributed by atoms with Crippen LogP contribution in [0.1, 0.15) is 32.3 Å². The van der Waals surface area contributed by atoms with Gasteiger partial charge in [0, 0.05) is 16.5 Å². The molecule has 1 atom stereocenters. The second-order valence-corrected chi connectivity index (χ2v) is 5.26. The minimum atomic E-state index is 0.120. The first-order valence-electron chi connectivity index (χ1n) is 5.61. The van der Waals surface area contributed by atoms with Crippen molar-refractivity contribution in [3.8, 4) is 0 Å². The van der Waals surface area contributed by atoms with Crippen molar-refractivity contribution >= 4 is 11.6 Å². The first kappa shape index (κ1) is 11.0. The summed E-state index contributed by atoms with van der Waals surface area (Å²) in [6.07, 6.45) is 2.52. The van der Waals surface area contributed by atoms with E-state index < -0.39 is 0 Å². The molecule has 1 fully saturated rings. The molecule has 1 nitrogen and oxygen atoms in total. The molecule has 0 aliphatic carbocycles. The van der Waals surface area contributed by atoms with Crippen LogP contribution in [0.15, 0.2) is 24.3 Å². The predicted molar refractivity (Wildman–Crippen MR) is 65.5 cm³/mol. The molecule has 0 bridgehead atoms. The normalized spacial score (nSPS) is 21.9. The summed E-state index contributed by atoms with van der Waals surface area (Å²) in [6.45, 7) is 5.69. The van der Waals surface area contributed by atoms with Crippen LogP contribution in [-0.2, 0) is 5.41 Å². The molecule has 82 valence electrons. The van der Waals surface area contributed by atoms with E-state index in [1.807, 2.05) is 12.1 Å². The van der Waals surface area contributed by atoms with Crippen molar-refractivity contribution in [3.63, 3.8) is 0 Å². The van der Waals surface area contributed by atoms with Crippen LogP contribution in [0.2, 0.25) is 5.02 Å². The first-order valence-corrected chi connectivity index (χ1v) is 5.98. The number of hydrogen-bond acceptors (Lipinski definition) is 1. The summed E-state index contributed by atoms with van der Waals surface area (Å²) in [6, 6.07) is 8.73. The van der Waals surface area contributed by atoms with Crippen LogP contribution < -0.4 is 5.32 Å². The maximum Gasteiger partial charge on any atom is 0.0444 e. The van der Waals surface area contributed by atoms with Gasteiger partial charge in [0.25, 0.3) is 0 Å². The van der Waals surface area contributed by atoms with Crippen LogP contribution in [-0.4, -0.2) is 12.6 Å². The molecule has 0 amide bonds. The molecule has 1 N–H and O–H groups in total. The van der Waals surface area contributed by atoms with E-state index in [1.54, 1.807) is 0 Å². The second-order valence-electron chi connectivity index (χ2n) is 4.85. The number of hydrogen-bond donors (Lipinski definition) is 1. The largest absolute Gasteiger partial charge is 0.313 e. The number of nitrogens with one attached hydrogen (secondary N) is 1. The average molecular weight is 224 g/mol. The standard InChI is InChI=1S/C13H18ClN/c1-13(2,12-8-5-9-15-12)10-6-3-4-7-11(10)14/h3-4,6-7,12,15H,5,8-9H2,1-2H3. The Bertz CT molecular complexity index is 340. The minimum absolute atomic E-state index is 0.120. The van der Waals surface area contributed by atoms with Crippen LogP contribution in [0.3, 0.4) is 0 Å². The molecule has 1 unspecified atom stereocenters. The van der Waals surface area contributed by atoms with Gasteiger partial charge in [-0.05, 0) is 31.0 Å². The fraction of sp³-hybridized carbons (Fsp3) is 0.538. The van der Waals surface area contributed by atoms with E-state index in [2.05, 4.69) is 31.3 Å². The van der Waals surface area contributed by atoms with Gasteiger partial charge in [-0.1, -0.05) is 43.6 Å². The van der Waals surface area contributed by atoms with E-state index in [4.69, 9.17) is 11.6 Å². The third kappa shape index (κ3) is 2.04. The summed E-state index contributed by atoms with van der Waals surface area (Å²) in [5.41, 5.74) is 1.38. The van der Waals surface area contributed by atoms with E-state index in [0.29, 0.717) is 6.04 Å². The summed E-state index contributed by atoms with van der Waals surface area (Å²) < 4.78 is 0. The second kappa shape index (κ2) is 4.15. The van der Waals surface area contributed by atoms with Gasteiger partial charge in [-0.25, -0.2) is 0 Å². The lowest BCUT2D eigenvalue weighted by atomic mass is 9.77. The molecule has 0 radical (unpaired) electrons. The lowest BCUT2D eigenvalue weighted by Crippen LogP contribution is -2.40. The van der Waals surface area contributed by atoms with Crippen molar-refractivity contribution < 1.29 is 0 Å². The van der Waals surface area contributed by atoms with E-state index in [1.165, 1.54) is 18.4 Å². The third-order valence-electron chi connectivity index (χ3n) is 3.50. The quantitative estimate of drug-likeness (QED) is 0.811. The molecule has 1 aliphatic heterocycles. The Hall–Kier alpha value is -0.530. The Morgan fingerprint density at radius 2 is 2.07 bits per heavy atom. The van der Waals surface area contributed by atoms with E-state index in [-0.39, 0.29) is 5.41 Å². The van der Waals surface area contributed by atoms with Crippen molar-refractivity contribution in [2.75, 3.05) is 6.54 Å². The molecule has 2 heteroatoms. The summed E-state index contributed by atoms with van der Waals surface area (Å²) in [4.78, 5) is 0. The molecule has 1 saturated heterocycles. The van der Waals surface area contributed by atoms with Gasteiger partial charge in [0.2, 0.25) is 0 Å². The minimum Gasteiger partial charge on any atom is -0.313 e. The SMILES string of the molecule is CC(C)(c1ccccc1Cl)C1CCCN1. The lowest BCUT2D eigenvalue weighted by Gasteiger charge is -2.33. The average Bonchev–Trinajstić information content (AvgIpc) is 2.71. The van der Waals surface area contributed by atoms with Crippen molar-refractivity contribution in [1.29, 1.82) is 0 Å². The molecule has 1 aliphatic rings. The molecule has 0 aromatic heterocycles. The zero-order chi connectivity index (χ0) is 10.9. The highest BCUT2D eigenvalue weighted by Crippen LogP contribution is 2.35. The van der Waals surface area contributed by atoms with Gasteiger partial charge in [-0.2, -0.15) is 0 Å². The molecule has 2 rings (SSSR count).